The summed E-state index contributed by atoms with van der Waals surface area (Å²) in [6.45, 7) is 3.89. The van der Waals surface area contributed by atoms with Gasteiger partial charge in [-0.25, -0.2) is 0 Å². The third kappa shape index (κ3) is 2.68. The van der Waals surface area contributed by atoms with Crippen LogP contribution >= 0.6 is 0 Å². The van der Waals surface area contributed by atoms with Crippen LogP contribution < -0.4 is 10.6 Å². The highest BCUT2D eigenvalue weighted by molar-refractivity contribution is 5.97. The first-order chi connectivity index (χ1) is 10.3. The van der Waals surface area contributed by atoms with Crippen LogP contribution in [0.5, 0.6) is 0 Å². The number of aromatic nitrogens is 1. The van der Waals surface area contributed by atoms with Crippen molar-refractivity contribution in [3.63, 3.8) is 0 Å². The number of hydrogen-bond donors (Lipinski definition) is 1. The monoisotopic (exact) mass is 277 g/mol. The maximum atomic E-state index is 6.21. The average molecular weight is 277 g/mol. The lowest BCUT2D eigenvalue weighted by Gasteiger charge is -2.26. The lowest BCUT2D eigenvalue weighted by Crippen LogP contribution is -2.23. The summed E-state index contributed by atoms with van der Waals surface area (Å²) < 4.78 is 0. The van der Waals surface area contributed by atoms with E-state index in [0.29, 0.717) is 0 Å². The van der Waals surface area contributed by atoms with Crippen LogP contribution in [0.1, 0.15) is 12.5 Å². The molecule has 2 aromatic carbocycles. The molecule has 0 bridgehead atoms. The molecule has 0 aliphatic rings. The van der Waals surface area contributed by atoms with Crippen LogP contribution in [-0.2, 0) is 6.54 Å². The van der Waals surface area contributed by atoms with E-state index in [4.69, 9.17) is 5.73 Å². The second-order valence-electron chi connectivity index (χ2n) is 5.08. The fourth-order valence-electron chi connectivity index (χ4n) is 2.65. The zero-order chi connectivity index (χ0) is 14.7. The van der Waals surface area contributed by atoms with Crippen LogP contribution in [0, 0.1) is 0 Å². The van der Waals surface area contributed by atoms with Crippen LogP contribution in [0.25, 0.3) is 10.9 Å². The number of fused-ring (bicyclic) bond motifs is 1. The second kappa shape index (κ2) is 5.83. The smallest absolute Gasteiger partial charge is 0.0745 e. The minimum absolute atomic E-state index is 0.728. The SMILES string of the molecule is CCN(Cc1ccccc1)c1c(N)cnc2ccccc12. The number of anilines is 2. The van der Waals surface area contributed by atoms with Gasteiger partial charge in [0.1, 0.15) is 0 Å². The molecule has 1 heterocycles. The van der Waals surface area contributed by atoms with Gasteiger partial charge in [0.25, 0.3) is 0 Å². The molecule has 21 heavy (non-hydrogen) atoms. The minimum Gasteiger partial charge on any atom is -0.396 e. The highest BCUT2D eigenvalue weighted by atomic mass is 15.1. The van der Waals surface area contributed by atoms with Crippen LogP contribution in [0.2, 0.25) is 0 Å². The number of nitrogens with two attached hydrogens (primary N) is 1. The minimum atomic E-state index is 0.728. The number of benzene rings is 2. The fraction of sp³-hybridized carbons (Fsp3) is 0.167. The van der Waals surface area contributed by atoms with E-state index in [1.165, 1.54) is 5.56 Å². The number of rotatable bonds is 4. The molecular formula is C18H19N3. The maximum Gasteiger partial charge on any atom is 0.0745 e. The van der Waals surface area contributed by atoms with Gasteiger partial charge in [0.05, 0.1) is 23.1 Å². The third-order valence-corrected chi connectivity index (χ3v) is 3.69. The Labute approximate surface area is 125 Å². The number of nitrogens with zero attached hydrogens (tertiary/aromatic N) is 2. The molecule has 1 aromatic heterocycles. The van der Waals surface area contributed by atoms with E-state index in [-0.39, 0.29) is 0 Å². The molecule has 0 aliphatic carbocycles. The molecule has 3 nitrogen and oxygen atoms in total. The summed E-state index contributed by atoms with van der Waals surface area (Å²) >= 11 is 0. The first-order valence-corrected chi connectivity index (χ1v) is 7.21. The van der Waals surface area contributed by atoms with Gasteiger partial charge >= 0.3 is 0 Å². The highest BCUT2D eigenvalue weighted by Gasteiger charge is 2.13. The molecule has 106 valence electrons. The highest BCUT2D eigenvalue weighted by Crippen LogP contribution is 2.32. The summed E-state index contributed by atoms with van der Waals surface area (Å²) in [4.78, 5) is 6.71. The van der Waals surface area contributed by atoms with Gasteiger partial charge in [0.2, 0.25) is 0 Å². The summed E-state index contributed by atoms with van der Waals surface area (Å²) in [6, 6.07) is 18.6. The third-order valence-electron chi connectivity index (χ3n) is 3.69. The van der Waals surface area contributed by atoms with Crippen molar-refractivity contribution in [1.29, 1.82) is 0 Å². The zero-order valence-electron chi connectivity index (χ0n) is 12.2. The van der Waals surface area contributed by atoms with Crippen molar-refractivity contribution < 1.29 is 0 Å². The van der Waals surface area contributed by atoms with Gasteiger partial charge in [-0.05, 0) is 18.6 Å². The van der Waals surface area contributed by atoms with Crippen molar-refractivity contribution in [2.24, 2.45) is 0 Å². The van der Waals surface area contributed by atoms with E-state index in [0.717, 1.165) is 35.4 Å². The van der Waals surface area contributed by atoms with E-state index in [1.54, 1.807) is 6.20 Å². The lowest BCUT2D eigenvalue weighted by atomic mass is 10.1. The molecule has 0 fully saturated rings. The second-order valence-corrected chi connectivity index (χ2v) is 5.08. The Hall–Kier alpha value is -2.55. The van der Waals surface area contributed by atoms with E-state index in [1.807, 2.05) is 24.3 Å². The van der Waals surface area contributed by atoms with Gasteiger partial charge in [0.15, 0.2) is 0 Å². The van der Waals surface area contributed by atoms with Crippen LogP contribution in [-0.4, -0.2) is 11.5 Å². The van der Waals surface area contributed by atoms with Gasteiger partial charge < -0.3 is 10.6 Å². The molecular weight excluding hydrogens is 258 g/mol. The fourth-order valence-corrected chi connectivity index (χ4v) is 2.65. The predicted molar refractivity (Wildman–Crippen MR) is 89.3 cm³/mol. The Balaban J connectivity index is 2.06. The molecule has 0 unspecified atom stereocenters. The molecule has 2 N–H and O–H groups in total. The van der Waals surface area contributed by atoms with Crippen molar-refractivity contribution >= 4 is 22.3 Å². The van der Waals surface area contributed by atoms with Gasteiger partial charge in [-0.15, -0.1) is 0 Å². The zero-order valence-corrected chi connectivity index (χ0v) is 12.2. The molecule has 3 heteroatoms. The number of pyridine rings is 1. The van der Waals surface area contributed by atoms with Gasteiger partial charge in [-0.1, -0.05) is 48.5 Å². The molecule has 0 aliphatic heterocycles. The Morgan fingerprint density at radius 2 is 1.71 bits per heavy atom. The summed E-state index contributed by atoms with van der Waals surface area (Å²) in [5, 5.41) is 1.11. The van der Waals surface area contributed by atoms with Crippen LogP contribution in [0.3, 0.4) is 0 Å². The normalized spacial score (nSPS) is 10.7. The summed E-state index contributed by atoms with van der Waals surface area (Å²) in [5.41, 5.74) is 10.3. The number of nitrogen functional groups attached to an aromatic ring is 1. The number of para-hydroxylation sites is 1. The van der Waals surface area contributed by atoms with Gasteiger partial charge in [0, 0.05) is 18.5 Å². The van der Waals surface area contributed by atoms with E-state index < -0.39 is 0 Å². The summed E-state index contributed by atoms with van der Waals surface area (Å²) in [5.74, 6) is 0. The van der Waals surface area contributed by atoms with Crippen molar-refractivity contribution in [2.75, 3.05) is 17.2 Å². The first kappa shape index (κ1) is 13.4. The lowest BCUT2D eigenvalue weighted by molar-refractivity contribution is 0.836. The average Bonchev–Trinajstić information content (AvgIpc) is 2.54. The summed E-state index contributed by atoms with van der Waals surface area (Å²) in [7, 11) is 0. The van der Waals surface area contributed by atoms with Gasteiger partial charge in [-0.2, -0.15) is 0 Å². The largest absolute Gasteiger partial charge is 0.396 e. The first-order valence-electron chi connectivity index (χ1n) is 7.21. The predicted octanol–water partition coefficient (Wildman–Crippen LogP) is 3.84. The molecule has 0 radical (unpaired) electrons. The Kier molecular flexibility index (Phi) is 3.73. The topological polar surface area (TPSA) is 42.1 Å². The maximum absolute atomic E-state index is 6.21. The standard InChI is InChI=1S/C18H19N3/c1-2-21(13-14-8-4-3-5-9-14)18-15-10-6-7-11-17(15)20-12-16(18)19/h3-12H,2,13,19H2,1H3. The van der Waals surface area contributed by atoms with Crippen LogP contribution in [0.4, 0.5) is 11.4 Å². The molecule has 3 aromatic rings. The van der Waals surface area contributed by atoms with E-state index in [2.05, 4.69) is 47.1 Å². The van der Waals surface area contributed by atoms with Crippen molar-refractivity contribution in [1.82, 2.24) is 4.98 Å². The van der Waals surface area contributed by atoms with Crippen molar-refractivity contribution in [3.8, 4) is 0 Å². The van der Waals surface area contributed by atoms with E-state index in [9.17, 15) is 0 Å². The Bertz CT molecular complexity index is 738. The van der Waals surface area contributed by atoms with Crippen LogP contribution in [0.15, 0.2) is 60.8 Å². The molecule has 3 rings (SSSR count). The molecule has 0 atom stereocenters. The quantitative estimate of drug-likeness (QED) is 0.787. The van der Waals surface area contributed by atoms with Crippen molar-refractivity contribution in [2.45, 2.75) is 13.5 Å². The molecule has 0 saturated heterocycles. The molecule has 0 saturated carbocycles. The van der Waals surface area contributed by atoms with Crippen molar-refractivity contribution in [3.05, 3.63) is 66.4 Å². The van der Waals surface area contributed by atoms with Gasteiger partial charge in [-0.3, -0.25) is 4.98 Å². The molecule has 0 amide bonds. The Morgan fingerprint density at radius 3 is 2.48 bits per heavy atom. The number of hydrogen-bond acceptors (Lipinski definition) is 3. The summed E-state index contributed by atoms with van der Waals surface area (Å²) in [6.07, 6.45) is 1.76. The Morgan fingerprint density at radius 1 is 1.00 bits per heavy atom. The molecule has 0 spiro atoms. The van der Waals surface area contributed by atoms with E-state index >= 15 is 0 Å².